The molecule has 0 spiro atoms. The lowest BCUT2D eigenvalue weighted by molar-refractivity contribution is -0.352. The second kappa shape index (κ2) is 41.1. The molecule has 19 N–H and O–H groups in total. The number of nitrogens with two attached hydrogens (primary N) is 1. The molecule has 8 fully saturated rings. The van der Waals surface area contributed by atoms with Crippen LogP contribution in [-0.4, -0.2) is 384 Å². The average molecular weight is 1700 g/mol. The van der Waals surface area contributed by atoms with Gasteiger partial charge in [0, 0.05) is 60.0 Å². The number of nitrogens with one attached hydrogen (secondary N) is 4. The first-order valence-electron chi connectivity index (χ1n) is 34.6. The molecule has 8 saturated heterocycles. The molecule has 111 heavy (non-hydrogen) atoms. The number of carbonyl (C=O) groups is 4. The van der Waals surface area contributed by atoms with Gasteiger partial charge in [0.2, 0.25) is 23.6 Å². The van der Waals surface area contributed by atoms with Crippen LogP contribution in [0.3, 0.4) is 0 Å². The number of ether oxygens (including phenoxy) is 16. The molecular formula is C57H97N5O45S4. The molecule has 0 saturated carbocycles. The van der Waals surface area contributed by atoms with Crippen molar-refractivity contribution in [3.63, 3.8) is 0 Å². The van der Waals surface area contributed by atoms with Crippen LogP contribution in [0, 0.1) is 0 Å². The zero-order valence-corrected chi connectivity index (χ0v) is 62.9. The first-order chi connectivity index (χ1) is 51.9. The zero-order valence-electron chi connectivity index (χ0n) is 59.6. The van der Waals surface area contributed by atoms with Crippen LogP contribution in [0.2, 0.25) is 0 Å². The van der Waals surface area contributed by atoms with Crippen molar-refractivity contribution >= 4 is 65.2 Å². The lowest BCUT2D eigenvalue weighted by Crippen LogP contribution is -2.68. The summed E-state index contributed by atoms with van der Waals surface area (Å²) in [5.74, 6) is -3.25. The third-order valence-electron chi connectivity index (χ3n) is 18.3. The third-order valence-corrected chi connectivity index (χ3v) is 20.0. The fourth-order valence-electron chi connectivity index (χ4n) is 13.1. The Morgan fingerprint density at radius 2 is 0.622 bits per heavy atom. The molecule has 0 aromatic rings. The highest BCUT2D eigenvalue weighted by Crippen LogP contribution is 2.37. The van der Waals surface area contributed by atoms with E-state index in [4.69, 9.17) is 86.1 Å². The molecule has 0 aliphatic carbocycles. The van der Waals surface area contributed by atoms with Crippen molar-refractivity contribution in [2.75, 3.05) is 66.0 Å². The van der Waals surface area contributed by atoms with E-state index in [1.807, 2.05) is 0 Å². The van der Waals surface area contributed by atoms with Crippen molar-refractivity contribution in [2.45, 2.75) is 269 Å². The fraction of sp³-hybridized carbons (Fsp3) is 0.930. The van der Waals surface area contributed by atoms with Gasteiger partial charge in [-0.2, -0.15) is 33.7 Å². The van der Waals surface area contributed by atoms with Crippen LogP contribution >= 0.6 is 0 Å². The molecule has 32 atom stereocenters. The Kier molecular flexibility index (Phi) is 34.4. The monoisotopic (exact) mass is 1700 g/mol. The van der Waals surface area contributed by atoms with E-state index in [0.29, 0.717) is 19.6 Å². The second-order valence-electron chi connectivity index (χ2n) is 26.9. The molecule has 4 amide bonds. The highest BCUT2D eigenvalue weighted by Gasteiger charge is 2.56. The number of aliphatic hydroxyl groups is 9. The lowest BCUT2D eigenvalue weighted by atomic mass is 9.95. The van der Waals surface area contributed by atoms with Gasteiger partial charge in [0.25, 0.3) is 0 Å². The predicted octanol–water partition coefficient (Wildman–Crippen LogP) is -10.7. The van der Waals surface area contributed by atoms with Crippen LogP contribution in [0.1, 0.15) is 72.6 Å². The number of unbranched alkanes of at least 4 members (excludes halogenated alkanes) is 2. The molecule has 8 aliphatic heterocycles. The topological polar surface area (TPSA) is 727 Å². The molecule has 0 aromatic heterocycles. The lowest BCUT2D eigenvalue weighted by Gasteiger charge is -2.48. The predicted molar refractivity (Wildman–Crippen MR) is 350 cm³/mol. The van der Waals surface area contributed by atoms with Gasteiger partial charge in [-0.25, -0.2) is 16.7 Å². The second-order valence-corrected chi connectivity index (χ2v) is 31.2. The van der Waals surface area contributed by atoms with Crippen LogP contribution < -0.4 is 27.0 Å². The van der Waals surface area contributed by atoms with Gasteiger partial charge in [-0.05, 0) is 25.8 Å². The summed E-state index contributed by atoms with van der Waals surface area (Å²) >= 11 is 0. The quantitative estimate of drug-likeness (QED) is 0.0205. The van der Waals surface area contributed by atoms with Crippen molar-refractivity contribution in [1.82, 2.24) is 21.3 Å². The maximum absolute atomic E-state index is 12.8. The Morgan fingerprint density at radius 1 is 0.360 bits per heavy atom. The van der Waals surface area contributed by atoms with E-state index in [2.05, 4.69) is 38.0 Å². The van der Waals surface area contributed by atoms with Gasteiger partial charge in [0.15, 0.2) is 50.3 Å². The Balaban J connectivity index is 0.904. The van der Waals surface area contributed by atoms with E-state index < -0.39 is 327 Å². The SMILES string of the molecule is CC(=O)NC1[C@@H](O[C@@H]2CO[C@@H](O[C@@H]3C(COS(=O)(=O)O)O[C@H](O[C@@H]4CO[C@@H](O[C@@H]5C(COS(=O)(=O)O)O[C@H](O[C@@H]6CO[C@@H](O[C@@H]7C(COS(=O)(=O)O)O[C@H](O[C@@H]8CO[C@@H](OCCCCCN)C[C@@H]8O)C(NC(C)=O)[C@H]7O)C[C@@H]6O)C(NC(C)=O)[C@H]5O)C[C@@H]4O)C(NC(C)=O)[C@H]3O)C[C@@H]2O)OC(COS(=O)(=O)O)[C@@H](O)[C@@H]1O. The molecule has 50 nitrogen and oxygen atoms in total. The van der Waals surface area contributed by atoms with Crippen LogP contribution in [0.25, 0.3) is 0 Å². The van der Waals surface area contributed by atoms with Crippen molar-refractivity contribution in [2.24, 2.45) is 5.73 Å². The zero-order chi connectivity index (χ0) is 81.8. The number of rotatable bonds is 36. The van der Waals surface area contributed by atoms with Gasteiger partial charge in [0.05, 0.1) is 77.3 Å². The van der Waals surface area contributed by atoms with Gasteiger partial charge >= 0.3 is 41.6 Å². The molecule has 0 bridgehead atoms. The van der Waals surface area contributed by atoms with Crippen molar-refractivity contribution in [1.29, 1.82) is 0 Å². The number of carbonyl (C=O) groups excluding carboxylic acids is 4. The maximum atomic E-state index is 12.8. The van der Waals surface area contributed by atoms with Gasteiger partial charge in [-0.15, -0.1) is 0 Å². The Morgan fingerprint density at radius 3 is 0.892 bits per heavy atom. The summed E-state index contributed by atoms with van der Waals surface area (Å²) in [6.07, 6.45) is -47.6. The smallest absolute Gasteiger partial charge is 0.390 e. The molecule has 8 aliphatic rings. The minimum Gasteiger partial charge on any atom is -0.390 e. The van der Waals surface area contributed by atoms with E-state index in [9.17, 15) is 112 Å². The van der Waals surface area contributed by atoms with Gasteiger partial charge < -0.3 is 149 Å². The summed E-state index contributed by atoms with van der Waals surface area (Å²) in [7, 11) is -21.0. The van der Waals surface area contributed by atoms with Gasteiger partial charge in [-0.1, -0.05) is 0 Å². The standard InChI is InChI=1S/C57H97N5O45S4/c1-22(63)59-42-47(72)46(71)34(18-93-108(76,77)78)101-54(42)97-31-15-90-39(11-27(31)68)105-52-36(20-95-110(82,83)84)103-56(44(49(52)74)61-24(3)65)99-33-17-92-41(13-29(33)70)107-53-37(21-96-111(85,86)87)104-57(45(50(53)75)62-25(4)66)100-32-16-91-40(12-28(32)69)106-51-35(19-94-109(79,80)81)102-55(43(48(51)73)60-23(2)64)98-30-14-89-38(10-26(30)67)88-9-7-5-6-8-58/h26-57,67-75H,5-21,58H2,1-4H3,(H,59,63)(H,60,64)(H,61,65)(H,62,66)(H,76,77,78)(H,79,80,81)(H,82,83,84)(H,85,86,87)/t26-,27-,28-,29-,30+,31+,32+,33+,34?,35?,36?,37?,38+,39-,40-,41-,42?,43?,44?,45?,46+,47+,48+,49+,50+,51+,52+,53+,54-,55-,56-,57-/m0/s1. The van der Waals surface area contributed by atoms with Crippen LogP contribution in [-0.2, 0) is 153 Å². The maximum Gasteiger partial charge on any atom is 0.397 e. The fourth-order valence-corrected chi connectivity index (χ4v) is 14.3. The normalized spacial score (nSPS) is 40.2. The van der Waals surface area contributed by atoms with E-state index in [-0.39, 0.29) is 13.0 Å². The Labute approximate surface area is 634 Å². The number of hydrogen-bond donors (Lipinski definition) is 18. The molecule has 0 aromatic carbocycles. The largest absolute Gasteiger partial charge is 0.397 e. The summed E-state index contributed by atoms with van der Waals surface area (Å²) in [4.78, 5) is 50.2. The van der Waals surface area contributed by atoms with Crippen LogP contribution in [0.5, 0.6) is 0 Å². The summed E-state index contributed by atoms with van der Waals surface area (Å²) in [5, 5.41) is 113. The van der Waals surface area contributed by atoms with E-state index >= 15 is 0 Å². The van der Waals surface area contributed by atoms with E-state index in [1.165, 1.54) is 0 Å². The minimum atomic E-state index is -5.34. The van der Waals surface area contributed by atoms with E-state index in [1.54, 1.807) is 0 Å². The van der Waals surface area contributed by atoms with Crippen LogP contribution in [0.15, 0.2) is 0 Å². The van der Waals surface area contributed by atoms with Gasteiger partial charge in [0.1, 0.15) is 122 Å². The molecule has 0 radical (unpaired) electrons. The van der Waals surface area contributed by atoms with E-state index in [0.717, 1.165) is 40.5 Å². The average Bonchev–Trinajstić information content (AvgIpc) is 0.802. The highest BCUT2D eigenvalue weighted by atomic mass is 32.3. The highest BCUT2D eigenvalue weighted by molar-refractivity contribution is 7.81. The van der Waals surface area contributed by atoms with Crippen LogP contribution in [0.4, 0.5) is 0 Å². The molecule has 8 unspecified atom stereocenters. The minimum absolute atomic E-state index is 0.0872. The third kappa shape index (κ3) is 28.0. The molecule has 644 valence electrons. The number of amides is 4. The number of hydrogen-bond acceptors (Lipinski definition) is 42. The summed E-state index contributed by atoms with van der Waals surface area (Å²) in [6.45, 7) is -2.03. The molecule has 8 rings (SSSR count). The summed E-state index contributed by atoms with van der Waals surface area (Å²) < 4.78 is 245. The first kappa shape index (κ1) is 92.8. The summed E-state index contributed by atoms with van der Waals surface area (Å²) in [5.41, 5.74) is 5.54. The van der Waals surface area contributed by atoms with Crippen molar-refractivity contribution in [3.8, 4) is 0 Å². The first-order valence-corrected chi connectivity index (χ1v) is 40.1. The molecular weight excluding hydrogens is 1600 g/mol. The van der Waals surface area contributed by atoms with Gasteiger partial charge in [-0.3, -0.25) is 37.4 Å². The van der Waals surface area contributed by atoms with Crippen molar-refractivity contribution < 1.29 is 210 Å². The number of aliphatic hydroxyl groups excluding tert-OH is 9. The Bertz CT molecular complexity index is 3480. The Hall–Kier alpha value is -3.68. The van der Waals surface area contributed by atoms with Crippen molar-refractivity contribution in [3.05, 3.63) is 0 Å². The molecule has 54 heteroatoms. The molecule has 8 heterocycles. The summed E-state index contributed by atoms with van der Waals surface area (Å²) in [6, 6.07) is -6.65.